The fraction of sp³-hybridized carbons (Fsp3) is 0.227. The Morgan fingerprint density at radius 3 is 2.54 bits per heavy atom. The first kappa shape index (κ1) is 18.0. The van der Waals surface area contributed by atoms with E-state index in [0.29, 0.717) is 5.88 Å². The minimum Gasteiger partial charge on any atom is -0.486 e. The zero-order valence-corrected chi connectivity index (χ0v) is 15.2. The molecule has 0 amide bonds. The highest BCUT2D eigenvalue weighted by Crippen LogP contribution is 2.28. The summed E-state index contributed by atoms with van der Waals surface area (Å²) < 4.78 is 11.5. The molecule has 3 aromatic rings. The lowest BCUT2D eigenvalue weighted by Crippen LogP contribution is -2.16. The SMILES string of the molecule is CNCCC(Oc1cccc(-c2cccc(OC)n2)c1)c1ccccc1. The molecule has 0 spiro atoms. The maximum Gasteiger partial charge on any atom is 0.213 e. The van der Waals surface area contributed by atoms with E-state index in [1.807, 2.05) is 67.7 Å². The maximum absolute atomic E-state index is 6.32. The van der Waals surface area contributed by atoms with Gasteiger partial charge in [0.1, 0.15) is 11.9 Å². The van der Waals surface area contributed by atoms with Crippen molar-refractivity contribution >= 4 is 0 Å². The van der Waals surface area contributed by atoms with Crippen LogP contribution in [-0.2, 0) is 0 Å². The van der Waals surface area contributed by atoms with Gasteiger partial charge in [-0.1, -0.05) is 48.5 Å². The van der Waals surface area contributed by atoms with E-state index >= 15 is 0 Å². The van der Waals surface area contributed by atoms with Gasteiger partial charge in [0.05, 0.1) is 12.8 Å². The summed E-state index contributed by atoms with van der Waals surface area (Å²) in [5.74, 6) is 1.43. The van der Waals surface area contributed by atoms with Crippen molar-refractivity contribution < 1.29 is 9.47 Å². The van der Waals surface area contributed by atoms with E-state index < -0.39 is 0 Å². The number of hydrogen-bond donors (Lipinski definition) is 1. The molecule has 0 aliphatic rings. The average molecular weight is 348 g/mol. The molecule has 0 saturated heterocycles. The van der Waals surface area contributed by atoms with E-state index in [1.165, 1.54) is 5.56 Å². The summed E-state index contributed by atoms with van der Waals surface area (Å²) in [4.78, 5) is 4.50. The molecule has 0 saturated carbocycles. The van der Waals surface area contributed by atoms with Gasteiger partial charge in [-0.3, -0.25) is 0 Å². The number of pyridine rings is 1. The van der Waals surface area contributed by atoms with Crippen LogP contribution in [-0.4, -0.2) is 25.7 Å². The van der Waals surface area contributed by atoms with E-state index in [9.17, 15) is 0 Å². The van der Waals surface area contributed by atoms with Gasteiger partial charge >= 0.3 is 0 Å². The molecule has 0 aliphatic heterocycles. The van der Waals surface area contributed by atoms with E-state index in [2.05, 4.69) is 22.4 Å². The molecule has 0 fully saturated rings. The van der Waals surface area contributed by atoms with Crippen LogP contribution in [0.5, 0.6) is 11.6 Å². The Bertz CT molecular complexity index is 821. The van der Waals surface area contributed by atoms with Gasteiger partial charge in [-0.2, -0.15) is 0 Å². The molecule has 1 aromatic heterocycles. The lowest BCUT2D eigenvalue weighted by atomic mass is 10.1. The van der Waals surface area contributed by atoms with Gasteiger partial charge in [-0.05, 0) is 37.4 Å². The topological polar surface area (TPSA) is 43.4 Å². The molecule has 4 heteroatoms. The fourth-order valence-corrected chi connectivity index (χ4v) is 2.82. The third-order valence-corrected chi connectivity index (χ3v) is 4.17. The lowest BCUT2D eigenvalue weighted by Gasteiger charge is -2.20. The first-order valence-corrected chi connectivity index (χ1v) is 8.78. The number of benzene rings is 2. The van der Waals surface area contributed by atoms with E-state index in [4.69, 9.17) is 9.47 Å². The van der Waals surface area contributed by atoms with Crippen molar-refractivity contribution in [3.8, 4) is 22.9 Å². The van der Waals surface area contributed by atoms with Crippen LogP contribution in [0.4, 0.5) is 0 Å². The molecule has 0 radical (unpaired) electrons. The summed E-state index contributed by atoms with van der Waals surface area (Å²) in [6, 6.07) is 24.1. The van der Waals surface area contributed by atoms with Crippen molar-refractivity contribution in [2.75, 3.05) is 20.7 Å². The highest BCUT2D eigenvalue weighted by atomic mass is 16.5. The van der Waals surface area contributed by atoms with Crippen LogP contribution in [0.2, 0.25) is 0 Å². The highest BCUT2D eigenvalue weighted by Gasteiger charge is 2.13. The van der Waals surface area contributed by atoms with Crippen molar-refractivity contribution in [1.29, 1.82) is 0 Å². The molecule has 4 nitrogen and oxygen atoms in total. The van der Waals surface area contributed by atoms with Crippen LogP contribution in [0.25, 0.3) is 11.3 Å². The van der Waals surface area contributed by atoms with Gasteiger partial charge < -0.3 is 14.8 Å². The minimum atomic E-state index is -0.00262. The molecule has 134 valence electrons. The predicted molar refractivity (Wildman–Crippen MR) is 105 cm³/mol. The van der Waals surface area contributed by atoms with Gasteiger partial charge in [0.15, 0.2) is 0 Å². The Morgan fingerprint density at radius 1 is 0.962 bits per heavy atom. The smallest absolute Gasteiger partial charge is 0.213 e. The number of hydrogen-bond acceptors (Lipinski definition) is 4. The Kier molecular flexibility index (Phi) is 6.23. The quantitative estimate of drug-likeness (QED) is 0.651. The van der Waals surface area contributed by atoms with Gasteiger partial charge in [0.25, 0.3) is 0 Å². The minimum absolute atomic E-state index is 0.00262. The van der Waals surface area contributed by atoms with Crippen LogP contribution in [0.3, 0.4) is 0 Å². The summed E-state index contributed by atoms with van der Waals surface area (Å²) in [7, 11) is 3.58. The van der Waals surface area contributed by atoms with Crippen molar-refractivity contribution in [2.24, 2.45) is 0 Å². The Balaban J connectivity index is 1.83. The molecule has 1 N–H and O–H groups in total. The van der Waals surface area contributed by atoms with Crippen molar-refractivity contribution in [3.05, 3.63) is 78.4 Å². The normalized spacial score (nSPS) is 11.8. The van der Waals surface area contributed by atoms with Crippen molar-refractivity contribution in [2.45, 2.75) is 12.5 Å². The molecule has 3 rings (SSSR count). The van der Waals surface area contributed by atoms with E-state index in [0.717, 1.165) is 30.0 Å². The van der Waals surface area contributed by atoms with Gasteiger partial charge in [0.2, 0.25) is 5.88 Å². The molecular weight excluding hydrogens is 324 g/mol. The molecule has 2 aromatic carbocycles. The standard InChI is InChI=1S/C22H24N2O2/c1-23-15-14-21(17-8-4-3-5-9-17)26-19-11-6-10-18(16-19)20-12-7-13-22(24-20)25-2/h3-13,16,21,23H,14-15H2,1-2H3. The number of nitrogens with zero attached hydrogens (tertiary/aromatic N) is 1. The third-order valence-electron chi connectivity index (χ3n) is 4.17. The van der Waals surface area contributed by atoms with E-state index in [1.54, 1.807) is 7.11 Å². The van der Waals surface area contributed by atoms with Crippen LogP contribution in [0.1, 0.15) is 18.1 Å². The largest absolute Gasteiger partial charge is 0.486 e. The Labute approximate surface area is 154 Å². The Hall–Kier alpha value is -2.85. The number of methoxy groups -OCH3 is 1. The zero-order chi connectivity index (χ0) is 18.2. The molecular formula is C22H24N2O2. The second-order valence-corrected chi connectivity index (χ2v) is 6.00. The predicted octanol–water partition coefficient (Wildman–Crippen LogP) is 4.49. The molecule has 1 unspecified atom stereocenters. The summed E-state index contributed by atoms with van der Waals surface area (Å²) in [6.45, 7) is 0.886. The number of aromatic nitrogens is 1. The van der Waals surface area contributed by atoms with Crippen molar-refractivity contribution in [1.82, 2.24) is 10.3 Å². The summed E-state index contributed by atoms with van der Waals surface area (Å²) >= 11 is 0. The zero-order valence-electron chi connectivity index (χ0n) is 15.2. The van der Waals surface area contributed by atoms with Gasteiger partial charge in [-0.15, -0.1) is 0 Å². The van der Waals surface area contributed by atoms with Gasteiger partial charge in [-0.25, -0.2) is 4.98 Å². The summed E-state index contributed by atoms with van der Waals surface area (Å²) in [5.41, 5.74) is 3.04. The van der Waals surface area contributed by atoms with E-state index in [-0.39, 0.29) is 6.10 Å². The van der Waals surface area contributed by atoms with Crippen LogP contribution in [0.15, 0.2) is 72.8 Å². The first-order chi connectivity index (χ1) is 12.8. The fourth-order valence-electron chi connectivity index (χ4n) is 2.82. The second kappa shape index (κ2) is 9.02. The Morgan fingerprint density at radius 2 is 1.77 bits per heavy atom. The second-order valence-electron chi connectivity index (χ2n) is 6.00. The maximum atomic E-state index is 6.32. The number of ether oxygens (including phenoxy) is 2. The summed E-state index contributed by atoms with van der Waals surface area (Å²) in [6.07, 6.45) is 0.888. The van der Waals surface area contributed by atoms with Crippen LogP contribution >= 0.6 is 0 Å². The number of rotatable bonds is 8. The monoisotopic (exact) mass is 348 g/mol. The van der Waals surface area contributed by atoms with Crippen LogP contribution in [0, 0.1) is 0 Å². The molecule has 1 atom stereocenters. The highest BCUT2D eigenvalue weighted by molar-refractivity contribution is 5.61. The molecule has 0 bridgehead atoms. The average Bonchev–Trinajstić information content (AvgIpc) is 2.72. The lowest BCUT2D eigenvalue weighted by molar-refractivity contribution is 0.195. The first-order valence-electron chi connectivity index (χ1n) is 8.78. The molecule has 0 aliphatic carbocycles. The van der Waals surface area contributed by atoms with Gasteiger partial charge in [0, 0.05) is 18.1 Å². The molecule has 26 heavy (non-hydrogen) atoms. The van der Waals surface area contributed by atoms with Crippen molar-refractivity contribution in [3.63, 3.8) is 0 Å². The summed E-state index contributed by atoms with van der Waals surface area (Å²) in [5, 5.41) is 3.20. The number of nitrogens with one attached hydrogen (secondary N) is 1. The van der Waals surface area contributed by atoms with Crippen LogP contribution < -0.4 is 14.8 Å². The molecule has 1 heterocycles. The third kappa shape index (κ3) is 4.61.